The molecule has 0 saturated heterocycles. The second-order valence-corrected chi connectivity index (χ2v) is 4.54. The third kappa shape index (κ3) is 3.43. The second kappa shape index (κ2) is 5.87. The normalized spacial score (nSPS) is 11.3. The minimum Gasteiger partial charge on any atom is -0.317 e. The first kappa shape index (κ1) is 15.5. The highest BCUT2D eigenvalue weighted by atomic mass is 35.5. The number of carbonyl (C=O) groups excluding carboxylic acids is 1. The first-order chi connectivity index (χ1) is 9.80. The summed E-state index contributed by atoms with van der Waals surface area (Å²) in [7, 11) is 0. The molecule has 0 spiro atoms. The molecule has 1 heterocycles. The molecule has 1 aromatic heterocycles. The van der Waals surface area contributed by atoms with Gasteiger partial charge >= 0.3 is 6.18 Å². The predicted molar refractivity (Wildman–Crippen MR) is 71.4 cm³/mol. The van der Waals surface area contributed by atoms with Crippen LogP contribution in [-0.4, -0.2) is 15.9 Å². The van der Waals surface area contributed by atoms with Crippen LogP contribution in [0.15, 0.2) is 30.6 Å². The summed E-state index contributed by atoms with van der Waals surface area (Å²) in [5.41, 5.74) is -1.77. The molecule has 1 N–H and O–H groups in total. The van der Waals surface area contributed by atoms with E-state index in [1.54, 1.807) is 0 Å². The van der Waals surface area contributed by atoms with Crippen molar-refractivity contribution in [3.05, 3.63) is 52.0 Å². The van der Waals surface area contributed by atoms with E-state index >= 15 is 0 Å². The number of aromatic nitrogens is 2. The number of nitrogens with zero attached hydrogens (tertiary/aromatic N) is 2. The zero-order valence-electron chi connectivity index (χ0n) is 10.1. The lowest BCUT2D eigenvalue weighted by atomic mass is 10.1. The largest absolute Gasteiger partial charge is 0.417 e. The lowest BCUT2D eigenvalue weighted by Gasteiger charge is -2.13. The number of rotatable bonds is 2. The Labute approximate surface area is 126 Å². The van der Waals surface area contributed by atoms with Gasteiger partial charge in [0.2, 0.25) is 0 Å². The van der Waals surface area contributed by atoms with Crippen LogP contribution in [0.3, 0.4) is 0 Å². The van der Waals surface area contributed by atoms with E-state index < -0.39 is 23.2 Å². The van der Waals surface area contributed by atoms with Gasteiger partial charge in [0.1, 0.15) is 12.0 Å². The van der Waals surface area contributed by atoms with Gasteiger partial charge in [-0.05, 0) is 12.1 Å². The molecule has 0 aliphatic heterocycles. The summed E-state index contributed by atoms with van der Waals surface area (Å²) in [6.07, 6.45) is -3.60. The van der Waals surface area contributed by atoms with Crippen molar-refractivity contribution < 1.29 is 18.0 Å². The number of hydrogen-bond acceptors (Lipinski definition) is 3. The van der Waals surface area contributed by atoms with Crippen LogP contribution in [-0.2, 0) is 6.18 Å². The summed E-state index contributed by atoms with van der Waals surface area (Å²) in [5.74, 6) is -1.01. The van der Waals surface area contributed by atoms with E-state index in [2.05, 4.69) is 15.3 Å². The zero-order valence-corrected chi connectivity index (χ0v) is 11.6. The van der Waals surface area contributed by atoms with Crippen molar-refractivity contribution in [3.63, 3.8) is 0 Å². The van der Waals surface area contributed by atoms with Gasteiger partial charge < -0.3 is 5.32 Å². The Hall–Kier alpha value is -1.86. The Morgan fingerprint density at radius 3 is 2.24 bits per heavy atom. The Balaban J connectivity index is 2.38. The number of anilines is 1. The van der Waals surface area contributed by atoms with Crippen molar-refractivity contribution in [3.8, 4) is 0 Å². The highest BCUT2D eigenvalue weighted by Crippen LogP contribution is 2.33. The van der Waals surface area contributed by atoms with Gasteiger partial charge in [0, 0.05) is 0 Å². The minimum absolute atomic E-state index is 0.150. The quantitative estimate of drug-likeness (QED) is 0.842. The van der Waals surface area contributed by atoms with Crippen LogP contribution in [0.1, 0.15) is 15.9 Å². The minimum atomic E-state index is -4.66. The molecule has 110 valence electrons. The molecule has 9 heteroatoms. The molecule has 0 bridgehead atoms. The zero-order chi connectivity index (χ0) is 15.6. The lowest BCUT2D eigenvalue weighted by molar-refractivity contribution is -0.137. The SMILES string of the molecule is O=C(Nc1c(Cl)ncnc1Cl)c1ccccc1C(F)(F)F. The molecule has 21 heavy (non-hydrogen) atoms. The van der Waals surface area contributed by atoms with Crippen molar-refractivity contribution in [2.45, 2.75) is 6.18 Å². The fourth-order valence-corrected chi connectivity index (χ4v) is 1.97. The Morgan fingerprint density at radius 2 is 1.67 bits per heavy atom. The molecule has 0 unspecified atom stereocenters. The van der Waals surface area contributed by atoms with Crippen molar-refractivity contribution in [2.24, 2.45) is 0 Å². The number of halogens is 5. The maximum absolute atomic E-state index is 12.8. The molecular weight excluding hydrogens is 330 g/mol. The highest BCUT2D eigenvalue weighted by molar-refractivity contribution is 6.38. The van der Waals surface area contributed by atoms with Crippen LogP contribution in [0.5, 0.6) is 0 Å². The van der Waals surface area contributed by atoms with E-state index in [4.69, 9.17) is 23.2 Å². The van der Waals surface area contributed by atoms with Crippen LogP contribution < -0.4 is 5.32 Å². The van der Waals surface area contributed by atoms with Gasteiger partial charge in [-0.2, -0.15) is 13.2 Å². The summed E-state index contributed by atoms with van der Waals surface area (Å²) in [5, 5.41) is 1.83. The van der Waals surface area contributed by atoms with Gasteiger partial charge in [-0.15, -0.1) is 0 Å². The second-order valence-electron chi connectivity index (χ2n) is 3.83. The van der Waals surface area contributed by atoms with Gasteiger partial charge in [0.15, 0.2) is 10.3 Å². The van der Waals surface area contributed by atoms with E-state index in [9.17, 15) is 18.0 Å². The van der Waals surface area contributed by atoms with E-state index in [1.807, 2.05) is 0 Å². The molecule has 1 aromatic carbocycles. The molecule has 2 aromatic rings. The molecule has 2 rings (SSSR count). The summed E-state index contributed by atoms with van der Waals surface area (Å²) in [4.78, 5) is 19.2. The van der Waals surface area contributed by atoms with E-state index in [0.29, 0.717) is 0 Å². The van der Waals surface area contributed by atoms with Crippen LogP contribution in [0, 0.1) is 0 Å². The van der Waals surface area contributed by atoms with Crippen LogP contribution >= 0.6 is 23.2 Å². The predicted octanol–water partition coefficient (Wildman–Crippen LogP) is 4.05. The molecule has 0 saturated carbocycles. The first-order valence-corrected chi connectivity index (χ1v) is 6.20. The average Bonchev–Trinajstić information content (AvgIpc) is 2.42. The number of alkyl halides is 3. The number of carbonyl (C=O) groups is 1. The van der Waals surface area contributed by atoms with Crippen LogP contribution in [0.2, 0.25) is 10.3 Å². The highest BCUT2D eigenvalue weighted by Gasteiger charge is 2.35. The maximum Gasteiger partial charge on any atom is 0.417 e. The van der Waals surface area contributed by atoms with Gasteiger partial charge in [0.05, 0.1) is 11.1 Å². The van der Waals surface area contributed by atoms with Crippen molar-refractivity contribution in [1.29, 1.82) is 0 Å². The van der Waals surface area contributed by atoms with Gasteiger partial charge in [-0.25, -0.2) is 9.97 Å². The smallest absolute Gasteiger partial charge is 0.317 e. The first-order valence-electron chi connectivity index (χ1n) is 5.44. The Morgan fingerprint density at radius 1 is 1.10 bits per heavy atom. The number of hydrogen-bond donors (Lipinski definition) is 1. The summed E-state index contributed by atoms with van der Waals surface area (Å²) in [6.45, 7) is 0. The molecule has 0 aliphatic carbocycles. The number of amides is 1. The van der Waals surface area contributed by atoms with E-state index in [0.717, 1.165) is 18.5 Å². The van der Waals surface area contributed by atoms with Crippen LogP contribution in [0.25, 0.3) is 0 Å². The van der Waals surface area contributed by atoms with Crippen LogP contribution in [0.4, 0.5) is 18.9 Å². The molecule has 0 atom stereocenters. The van der Waals surface area contributed by atoms with Gasteiger partial charge in [0.25, 0.3) is 5.91 Å². The number of nitrogens with one attached hydrogen (secondary N) is 1. The summed E-state index contributed by atoms with van der Waals surface area (Å²) in [6, 6.07) is 4.35. The third-order valence-electron chi connectivity index (χ3n) is 2.47. The average molecular weight is 336 g/mol. The molecule has 4 nitrogen and oxygen atoms in total. The molecule has 0 radical (unpaired) electrons. The van der Waals surface area contributed by atoms with Gasteiger partial charge in [-0.1, -0.05) is 35.3 Å². The maximum atomic E-state index is 12.8. The van der Waals surface area contributed by atoms with E-state index in [1.165, 1.54) is 12.1 Å². The Bertz CT molecular complexity index is 671. The molecule has 1 amide bonds. The van der Waals surface area contributed by atoms with Crippen molar-refractivity contribution >= 4 is 34.8 Å². The fourth-order valence-electron chi connectivity index (χ4n) is 1.56. The van der Waals surface area contributed by atoms with Crippen molar-refractivity contribution in [2.75, 3.05) is 5.32 Å². The summed E-state index contributed by atoms with van der Waals surface area (Å²) < 4.78 is 38.5. The summed E-state index contributed by atoms with van der Waals surface area (Å²) >= 11 is 11.4. The molecule has 0 fully saturated rings. The topological polar surface area (TPSA) is 54.9 Å². The Kier molecular flexibility index (Phi) is 4.34. The lowest BCUT2D eigenvalue weighted by Crippen LogP contribution is -2.19. The molecule has 0 aliphatic rings. The standard InChI is InChI=1S/C12H6Cl2F3N3O/c13-9-8(10(14)19-5-18-9)20-11(21)6-3-1-2-4-7(6)12(15,16)17/h1-5H,(H,20,21). The monoisotopic (exact) mass is 335 g/mol. The molecular formula is C12H6Cl2F3N3O. The van der Waals surface area contributed by atoms with E-state index in [-0.39, 0.29) is 16.0 Å². The van der Waals surface area contributed by atoms with Crippen molar-refractivity contribution in [1.82, 2.24) is 9.97 Å². The fraction of sp³-hybridized carbons (Fsp3) is 0.0833. The third-order valence-corrected chi connectivity index (χ3v) is 3.04. The number of benzene rings is 1. The van der Waals surface area contributed by atoms with Gasteiger partial charge in [-0.3, -0.25) is 4.79 Å².